The van der Waals surface area contributed by atoms with Gasteiger partial charge in [0.15, 0.2) is 5.54 Å². The quantitative estimate of drug-likeness (QED) is 0.901. The number of hydrogen-bond donors (Lipinski definition) is 1. The minimum Gasteiger partial charge on any atom is -0.323 e. The zero-order valence-corrected chi connectivity index (χ0v) is 16.0. The molecule has 3 atom stereocenters. The summed E-state index contributed by atoms with van der Waals surface area (Å²) in [7, 11) is 0. The summed E-state index contributed by atoms with van der Waals surface area (Å²) in [5.41, 5.74) is 1.12. The SMILES string of the molecule is CC(C)C[C@H]1C[C@@H](C)[C@]2(C(=O)Nc3ccccc32)N1C(=O)c1ccccn1. The predicted molar refractivity (Wildman–Crippen MR) is 104 cm³/mol. The zero-order valence-electron chi connectivity index (χ0n) is 16.0. The fourth-order valence-electron chi connectivity index (χ4n) is 4.89. The summed E-state index contributed by atoms with van der Waals surface area (Å²) in [6.07, 6.45) is 3.29. The zero-order chi connectivity index (χ0) is 19.2. The lowest BCUT2D eigenvalue weighted by molar-refractivity contribution is -0.127. The Hall–Kier alpha value is -2.69. The molecule has 0 saturated carbocycles. The van der Waals surface area contributed by atoms with Crippen LogP contribution in [0.25, 0.3) is 0 Å². The van der Waals surface area contributed by atoms with E-state index in [0.29, 0.717) is 11.6 Å². The minimum atomic E-state index is -0.968. The number of para-hydroxylation sites is 1. The number of fused-ring (bicyclic) bond motifs is 2. The number of nitrogens with zero attached hydrogens (tertiary/aromatic N) is 2. The summed E-state index contributed by atoms with van der Waals surface area (Å²) in [5, 5.41) is 3.02. The van der Waals surface area contributed by atoms with Gasteiger partial charge in [-0.1, -0.05) is 45.0 Å². The van der Waals surface area contributed by atoms with Gasteiger partial charge in [0, 0.05) is 23.5 Å². The Bertz CT molecular complexity index is 880. The van der Waals surface area contributed by atoms with Gasteiger partial charge in [-0.3, -0.25) is 14.6 Å². The molecule has 1 spiro atoms. The molecule has 0 radical (unpaired) electrons. The summed E-state index contributed by atoms with van der Waals surface area (Å²) >= 11 is 0. The number of rotatable bonds is 3. The van der Waals surface area contributed by atoms with E-state index in [9.17, 15) is 9.59 Å². The first kappa shape index (κ1) is 17.7. The fraction of sp³-hybridized carbons (Fsp3) is 0.409. The van der Waals surface area contributed by atoms with E-state index in [-0.39, 0.29) is 23.8 Å². The molecule has 1 fully saturated rings. The Labute approximate surface area is 159 Å². The largest absolute Gasteiger partial charge is 0.323 e. The van der Waals surface area contributed by atoms with E-state index >= 15 is 0 Å². The second-order valence-corrected chi connectivity index (χ2v) is 8.08. The standard InChI is InChI=1S/C22H25N3O2/c1-14(2)12-16-13-15(3)22(17-8-4-5-9-18(17)24-21(22)27)25(16)20(26)19-10-6-7-11-23-19/h4-11,14-16H,12-13H2,1-3H3,(H,24,27)/t15-,16+,22+/m1/s1. The molecule has 2 amide bonds. The van der Waals surface area contributed by atoms with Gasteiger partial charge < -0.3 is 10.2 Å². The maximum Gasteiger partial charge on any atom is 0.273 e. The average molecular weight is 363 g/mol. The molecular weight excluding hydrogens is 338 g/mol. The highest BCUT2D eigenvalue weighted by atomic mass is 16.2. The van der Waals surface area contributed by atoms with E-state index in [1.54, 1.807) is 18.3 Å². The fourth-order valence-corrected chi connectivity index (χ4v) is 4.89. The lowest BCUT2D eigenvalue weighted by Gasteiger charge is -2.39. The third-order valence-corrected chi connectivity index (χ3v) is 5.86. The van der Waals surface area contributed by atoms with Gasteiger partial charge in [0.05, 0.1) is 0 Å². The van der Waals surface area contributed by atoms with E-state index in [4.69, 9.17) is 0 Å². The van der Waals surface area contributed by atoms with Crippen LogP contribution in [-0.2, 0) is 10.3 Å². The van der Waals surface area contributed by atoms with Crippen molar-refractivity contribution in [1.29, 1.82) is 0 Å². The van der Waals surface area contributed by atoms with Crippen molar-refractivity contribution >= 4 is 17.5 Å². The topological polar surface area (TPSA) is 62.3 Å². The molecule has 4 rings (SSSR count). The first-order valence-electron chi connectivity index (χ1n) is 9.62. The van der Waals surface area contributed by atoms with Gasteiger partial charge in [-0.15, -0.1) is 0 Å². The molecule has 1 N–H and O–H groups in total. The van der Waals surface area contributed by atoms with Gasteiger partial charge in [-0.25, -0.2) is 0 Å². The van der Waals surface area contributed by atoms with Crippen LogP contribution in [0.1, 0.15) is 49.7 Å². The molecule has 5 heteroatoms. The molecule has 0 bridgehead atoms. The number of nitrogens with one attached hydrogen (secondary N) is 1. The molecule has 0 unspecified atom stereocenters. The molecular formula is C22H25N3O2. The van der Waals surface area contributed by atoms with Crippen molar-refractivity contribution in [3.05, 3.63) is 59.9 Å². The van der Waals surface area contributed by atoms with Crippen molar-refractivity contribution in [1.82, 2.24) is 9.88 Å². The highest BCUT2D eigenvalue weighted by molar-refractivity contribution is 6.09. The Morgan fingerprint density at radius 2 is 2.00 bits per heavy atom. The number of hydrogen-bond acceptors (Lipinski definition) is 3. The molecule has 1 saturated heterocycles. The summed E-state index contributed by atoms with van der Waals surface area (Å²) < 4.78 is 0. The second-order valence-electron chi connectivity index (χ2n) is 8.08. The van der Waals surface area contributed by atoms with E-state index < -0.39 is 5.54 Å². The number of likely N-dealkylation sites (tertiary alicyclic amines) is 1. The summed E-state index contributed by atoms with van der Waals surface area (Å²) in [4.78, 5) is 33.0. The molecule has 2 aromatic rings. The van der Waals surface area contributed by atoms with Gasteiger partial charge in [0.1, 0.15) is 5.69 Å². The molecule has 27 heavy (non-hydrogen) atoms. The predicted octanol–water partition coefficient (Wildman–Crippen LogP) is 3.83. The van der Waals surface area contributed by atoms with E-state index in [2.05, 4.69) is 31.1 Å². The Balaban J connectivity index is 1.89. The Kier molecular flexibility index (Phi) is 4.25. The number of anilines is 1. The molecule has 2 aliphatic rings. The van der Waals surface area contributed by atoms with Crippen LogP contribution in [0.5, 0.6) is 0 Å². The van der Waals surface area contributed by atoms with E-state index in [1.807, 2.05) is 35.2 Å². The molecule has 5 nitrogen and oxygen atoms in total. The van der Waals surface area contributed by atoms with Crippen molar-refractivity contribution in [2.45, 2.75) is 45.2 Å². The van der Waals surface area contributed by atoms with Crippen LogP contribution in [-0.4, -0.2) is 27.7 Å². The smallest absolute Gasteiger partial charge is 0.273 e. The van der Waals surface area contributed by atoms with Crippen LogP contribution in [0.4, 0.5) is 5.69 Å². The summed E-state index contributed by atoms with van der Waals surface area (Å²) in [5.74, 6) is 0.179. The minimum absolute atomic E-state index is 0.00594. The average Bonchev–Trinajstić information content (AvgIpc) is 3.10. The van der Waals surface area contributed by atoms with Crippen molar-refractivity contribution in [2.24, 2.45) is 11.8 Å². The van der Waals surface area contributed by atoms with Crippen LogP contribution in [0.3, 0.4) is 0 Å². The number of aromatic nitrogens is 1. The van der Waals surface area contributed by atoms with Gasteiger partial charge in [-0.2, -0.15) is 0 Å². The Morgan fingerprint density at radius 1 is 1.26 bits per heavy atom. The van der Waals surface area contributed by atoms with Crippen molar-refractivity contribution in [3.63, 3.8) is 0 Å². The molecule has 140 valence electrons. The monoisotopic (exact) mass is 363 g/mol. The number of benzene rings is 1. The molecule has 3 heterocycles. The molecule has 0 aliphatic carbocycles. The molecule has 1 aromatic heterocycles. The number of amides is 2. The third kappa shape index (κ3) is 2.56. The van der Waals surface area contributed by atoms with Crippen LogP contribution < -0.4 is 5.32 Å². The van der Waals surface area contributed by atoms with Crippen molar-refractivity contribution in [2.75, 3.05) is 5.32 Å². The van der Waals surface area contributed by atoms with Gasteiger partial charge in [0.2, 0.25) is 0 Å². The first-order chi connectivity index (χ1) is 13.0. The lowest BCUT2D eigenvalue weighted by Crippen LogP contribution is -2.55. The van der Waals surface area contributed by atoms with Gasteiger partial charge in [-0.05, 0) is 42.9 Å². The van der Waals surface area contributed by atoms with Crippen LogP contribution in [0.2, 0.25) is 0 Å². The van der Waals surface area contributed by atoms with Crippen LogP contribution in [0.15, 0.2) is 48.7 Å². The molecule has 2 aliphatic heterocycles. The first-order valence-corrected chi connectivity index (χ1v) is 9.62. The van der Waals surface area contributed by atoms with Gasteiger partial charge >= 0.3 is 0 Å². The van der Waals surface area contributed by atoms with Crippen molar-refractivity contribution < 1.29 is 9.59 Å². The highest BCUT2D eigenvalue weighted by Gasteiger charge is 2.62. The number of carbonyl (C=O) groups is 2. The normalized spacial score (nSPS) is 26.5. The Morgan fingerprint density at radius 3 is 2.70 bits per heavy atom. The highest BCUT2D eigenvalue weighted by Crippen LogP contribution is 2.53. The maximum atomic E-state index is 13.6. The van der Waals surface area contributed by atoms with Crippen LogP contribution in [0, 0.1) is 11.8 Å². The second kappa shape index (κ2) is 6.48. The van der Waals surface area contributed by atoms with E-state index in [0.717, 1.165) is 24.1 Å². The third-order valence-electron chi connectivity index (χ3n) is 5.86. The number of pyridine rings is 1. The molecule has 1 aromatic carbocycles. The maximum absolute atomic E-state index is 13.6. The lowest BCUT2D eigenvalue weighted by atomic mass is 9.80. The summed E-state index contributed by atoms with van der Waals surface area (Å²) in [6, 6.07) is 13.1. The number of carbonyl (C=O) groups excluding carboxylic acids is 2. The van der Waals surface area contributed by atoms with E-state index in [1.165, 1.54) is 0 Å². The summed E-state index contributed by atoms with van der Waals surface area (Å²) in [6.45, 7) is 6.39. The van der Waals surface area contributed by atoms with Crippen molar-refractivity contribution in [3.8, 4) is 0 Å². The van der Waals surface area contributed by atoms with Crippen LogP contribution >= 0.6 is 0 Å². The van der Waals surface area contributed by atoms with Gasteiger partial charge in [0.25, 0.3) is 11.8 Å².